The monoisotopic (exact) mass is 254 g/mol. The minimum atomic E-state index is -0.560. The average molecular weight is 254 g/mol. The molecular weight excluding hydrogens is 236 g/mol. The molecule has 0 fully saturated rings. The highest BCUT2D eigenvalue weighted by Crippen LogP contribution is 2.21. The molecular formula is C17H18O2. The van der Waals surface area contributed by atoms with Gasteiger partial charge in [-0.3, -0.25) is 0 Å². The molecule has 0 radical (unpaired) electrons. The Morgan fingerprint density at radius 3 is 1.26 bits per heavy atom. The molecule has 19 heavy (non-hydrogen) atoms. The van der Waals surface area contributed by atoms with E-state index in [9.17, 15) is 0 Å². The molecule has 0 saturated carbocycles. The smallest absolute Gasteiger partial charge is 0.0742 e. The third kappa shape index (κ3) is 3.53. The van der Waals surface area contributed by atoms with Crippen LogP contribution in [0.5, 0.6) is 0 Å². The SMILES string of the molecule is CC(O)CO.c1ccc2cc3ccccc3cc2c1. The molecule has 3 aromatic carbocycles. The predicted molar refractivity (Wildman–Crippen MR) is 80.2 cm³/mol. The Kier molecular flexibility index (Phi) is 4.50. The molecule has 0 aliphatic rings. The lowest BCUT2D eigenvalue weighted by molar-refractivity contribution is 0.110. The molecule has 0 aliphatic heterocycles. The number of rotatable bonds is 1. The summed E-state index contributed by atoms with van der Waals surface area (Å²) in [4.78, 5) is 0. The largest absolute Gasteiger partial charge is 0.394 e. The second kappa shape index (κ2) is 6.32. The van der Waals surface area contributed by atoms with Gasteiger partial charge in [0.05, 0.1) is 12.7 Å². The maximum absolute atomic E-state index is 8.11. The number of fused-ring (bicyclic) bond motifs is 2. The Balaban J connectivity index is 0.000000232. The zero-order chi connectivity index (χ0) is 13.7. The van der Waals surface area contributed by atoms with Crippen molar-refractivity contribution in [2.24, 2.45) is 0 Å². The molecule has 2 nitrogen and oxygen atoms in total. The van der Waals surface area contributed by atoms with Crippen molar-refractivity contribution in [3.8, 4) is 0 Å². The predicted octanol–water partition coefficient (Wildman–Crippen LogP) is 3.35. The number of hydrogen-bond acceptors (Lipinski definition) is 2. The molecule has 0 saturated heterocycles. The van der Waals surface area contributed by atoms with E-state index in [4.69, 9.17) is 10.2 Å². The second-order valence-corrected chi connectivity index (χ2v) is 4.58. The fourth-order valence-corrected chi connectivity index (χ4v) is 1.88. The minimum Gasteiger partial charge on any atom is -0.394 e. The highest BCUT2D eigenvalue weighted by molar-refractivity contribution is 5.98. The Morgan fingerprint density at radius 1 is 0.789 bits per heavy atom. The van der Waals surface area contributed by atoms with Crippen molar-refractivity contribution in [3.63, 3.8) is 0 Å². The Bertz CT molecular complexity index is 554. The first-order valence-corrected chi connectivity index (χ1v) is 6.37. The van der Waals surface area contributed by atoms with Gasteiger partial charge in [0.1, 0.15) is 0 Å². The number of aliphatic hydroxyl groups is 2. The van der Waals surface area contributed by atoms with Crippen molar-refractivity contribution in [2.45, 2.75) is 13.0 Å². The van der Waals surface area contributed by atoms with Crippen molar-refractivity contribution in [1.29, 1.82) is 0 Å². The first kappa shape index (κ1) is 13.5. The minimum absolute atomic E-state index is 0.139. The number of benzene rings is 3. The van der Waals surface area contributed by atoms with E-state index in [1.54, 1.807) is 0 Å². The zero-order valence-electron chi connectivity index (χ0n) is 11.0. The van der Waals surface area contributed by atoms with Crippen molar-refractivity contribution < 1.29 is 10.2 Å². The Hall–Kier alpha value is -1.90. The normalized spacial score (nSPS) is 11.9. The fourth-order valence-electron chi connectivity index (χ4n) is 1.88. The van der Waals surface area contributed by atoms with Gasteiger partial charge in [-0.2, -0.15) is 0 Å². The summed E-state index contributed by atoms with van der Waals surface area (Å²) in [5.74, 6) is 0. The Morgan fingerprint density at radius 2 is 1.05 bits per heavy atom. The highest BCUT2D eigenvalue weighted by atomic mass is 16.3. The molecule has 0 heterocycles. The number of hydrogen-bond donors (Lipinski definition) is 2. The van der Waals surface area contributed by atoms with Gasteiger partial charge >= 0.3 is 0 Å². The summed E-state index contributed by atoms with van der Waals surface area (Å²) in [5, 5.41) is 21.2. The molecule has 0 aromatic heterocycles. The lowest BCUT2D eigenvalue weighted by Crippen LogP contribution is -2.03. The van der Waals surface area contributed by atoms with Crippen LogP contribution in [0.3, 0.4) is 0 Å². The van der Waals surface area contributed by atoms with Crippen LogP contribution in [0.4, 0.5) is 0 Å². The van der Waals surface area contributed by atoms with E-state index < -0.39 is 6.10 Å². The van der Waals surface area contributed by atoms with E-state index >= 15 is 0 Å². The molecule has 3 aromatic rings. The summed E-state index contributed by atoms with van der Waals surface area (Å²) >= 11 is 0. The van der Waals surface area contributed by atoms with Crippen LogP contribution in [0.2, 0.25) is 0 Å². The van der Waals surface area contributed by atoms with Crippen LogP contribution in [0.15, 0.2) is 60.7 Å². The molecule has 1 unspecified atom stereocenters. The van der Waals surface area contributed by atoms with Crippen LogP contribution >= 0.6 is 0 Å². The van der Waals surface area contributed by atoms with Crippen LogP contribution in [0, 0.1) is 0 Å². The third-order valence-corrected chi connectivity index (χ3v) is 2.88. The van der Waals surface area contributed by atoms with Gasteiger partial charge in [0.25, 0.3) is 0 Å². The summed E-state index contributed by atoms with van der Waals surface area (Å²) in [6, 6.07) is 21.4. The summed E-state index contributed by atoms with van der Waals surface area (Å²) < 4.78 is 0. The molecule has 0 bridgehead atoms. The van der Waals surface area contributed by atoms with E-state index in [2.05, 4.69) is 60.7 Å². The third-order valence-electron chi connectivity index (χ3n) is 2.88. The molecule has 1 atom stereocenters. The molecule has 0 aliphatic carbocycles. The van der Waals surface area contributed by atoms with Gasteiger partial charge in [-0.15, -0.1) is 0 Å². The zero-order valence-corrected chi connectivity index (χ0v) is 11.0. The van der Waals surface area contributed by atoms with Crippen molar-refractivity contribution in [2.75, 3.05) is 6.61 Å². The van der Waals surface area contributed by atoms with E-state index in [0.29, 0.717) is 0 Å². The molecule has 98 valence electrons. The Labute approximate surface area is 112 Å². The fraction of sp³-hybridized carbons (Fsp3) is 0.176. The van der Waals surface area contributed by atoms with E-state index in [1.165, 1.54) is 28.5 Å². The van der Waals surface area contributed by atoms with Gasteiger partial charge in [0.2, 0.25) is 0 Å². The maximum atomic E-state index is 8.11. The topological polar surface area (TPSA) is 40.5 Å². The summed E-state index contributed by atoms with van der Waals surface area (Å²) in [6.07, 6.45) is -0.560. The van der Waals surface area contributed by atoms with Crippen molar-refractivity contribution >= 4 is 21.5 Å². The first-order valence-electron chi connectivity index (χ1n) is 6.37. The molecule has 3 rings (SSSR count). The second-order valence-electron chi connectivity index (χ2n) is 4.58. The van der Waals surface area contributed by atoms with Crippen LogP contribution in [0.25, 0.3) is 21.5 Å². The summed E-state index contributed by atoms with van der Waals surface area (Å²) in [6.45, 7) is 1.39. The quantitative estimate of drug-likeness (QED) is 0.654. The molecule has 0 spiro atoms. The lowest BCUT2D eigenvalue weighted by atomic mass is 10.0. The van der Waals surface area contributed by atoms with Crippen LogP contribution in [-0.4, -0.2) is 22.9 Å². The molecule has 0 amide bonds. The molecule has 2 heteroatoms. The van der Waals surface area contributed by atoms with E-state index in [0.717, 1.165) is 0 Å². The van der Waals surface area contributed by atoms with E-state index in [-0.39, 0.29) is 6.61 Å². The van der Waals surface area contributed by atoms with Crippen molar-refractivity contribution in [1.82, 2.24) is 0 Å². The van der Waals surface area contributed by atoms with Crippen LogP contribution in [-0.2, 0) is 0 Å². The van der Waals surface area contributed by atoms with Gasteiger partial charge in [0.15, 0.2) is 0 Å². The summed E-state index contributed by atoms with van der Waals surface area (Å²) in [7, 11) is 0. The molecule has 2 N–H and O–H groups in total. The van der Waals surface area contributed by atoms with Gasteiger partial charge < -0.3 is 10.2 Å². The highest BCUT2D eigenvalue weighted by Gasteiger charge is 1.95. The van der Waals surface area contributed by atoms with Crippen LogP contribution < -0.4 is 0 Å². The van der Waals surface area contributed by atoms with Gasteiger partial charge in [-0.1, -0.05) is 48.5 Å². The van der Waals surface area contributed by atoms with E-state index in [1.807, 2.05) is 0 Å². The van der Waals surface area contributed by atoms with Gasteiger partial charge in [-0.05, 0) is 40.6 Å². The standard InChI is InChI=1S/C14H10.C3H8O2/c1-2-6-12-10-14-8-4-3-7-13(14)9-11(12)5-1;1-3(5)2-4/h1-10H;3-5H,2H2,1H3. The van der Waals surface area contributed by atoms with Crippen molar-refractivity contribution in [3.05, 3.63) is 60.7 Å². The summed E-state index contributed by atoms with van der Waals surface area (Å²) in [5.41, 5.74) is 0. The first-order chi connectivity index (χ1) is 9.20. The van der Waals surface area contributed by atoms with Gasteiger partial charge in [0, 0.05) is 0 Å². The van der Waals surface area contributed by atoms with Gasteiger partial charge in [-0.25, -0.2) is 0 Å². The van der Waals surface area contributed by atoms with Crippen LogP contribution in [0.1, 0.15) is 6.92 Å². The number of aliphatic hydroxyl groups excluding tert-OH is 2. The lowest BCUT2D eigenvalue weighted by Gasteiger charge is -2.00. The average Bonchev–Trinajstić information content (AvgIpc) is 2.45. The maximum Gasteiger partial charge on any atom is 0.0742 e.